The molecular formula is C39H40O29. The third-order valence-corrected chi connectivity index (χ3v) is 22.8. The van der Waals surface area contributed by atoms with Gasteiger partial charge >= 0.3 is 0 Å². The van der Waals surface area contributed by atoms with Crippen molar-refractivity contribution in [2.24, 2.45) is 0 Å². The van der Waals surface area contributed by atoms with Crippen molar-refractivity contribution in [3.8, 4) is 0 Å². The Kier molecular flexibility index (Phi) is 5.25. The summed E-state index contributed by atoms with van der Waals surface area (Å²) in [5, 5.41) is 387. The standard InChI is InChI=1S/C39H40O29/c40-11-3-4-22(51)9-7-20(49,14(43)25(11,22)54)1-18(47)5-6-19(48,13(18)42)2-21(50)8-10-29(58)27(56,15(21)44)17(46)28(57)16(45)26(55,12(3)41)35(64)30(4,59)37(66)31(9,60)33(62,23(5,7)52)34(63,24(6,8)53)32(10,61)38(37,67)39(35,68)36(28,29)65/h11-17,40-68H,1-2H2. The number of rotatable bonds is 0. The van der Waals surface area contributed by atoms with E-state index in [1.807, 2.05) is 0 Å². The molecule has 16 aliphatic rings. The van der Waals surface area contributed by atoms with E-state index in [4.69, 9.17) is 0 Å². The van der Waals surface area contributed by atoms with Gasteiger partial charge in [0.25, 0.3) is 0 Å². The quantitative estimate of drug-likeness (QED) is 0.100. The molecule has 8 fully saturated rings. The number of aliphatic hydroxyl groups excluding tert-OH is 7. The van der Waals surface area contributed by atoms with Crippen molar-refractivity contribution in [3.05, 3.63) is 44.6 Å². The van der Waals surface area contributed by atoms with Crippen LogP contribution in [0.4, 0.5) is 0 Å². The van der Waals surface area contributed by atoms with Gasteiger partial charge in [0.05, 0.1) is 0 Å². The zero-order chi connectivity index (χ0) is 50.1. The topological polar surface area (TPSA) is 587 Å². The monoisotopic (exact) mass is 972 g/mol. The molecule has 0 aromatic rings. The molecule has 0 aromatic carbocycles. The summed E-state index contributed by atoms with van der Waals surface area (Å²) in [5.41, 5.74) is -129. The molecule has 16 rings (SSSR count). The van der Waals surface area contributed by atoms with Gasteiger partial charge in [0.2, 0.25) is 0 Å². The fourth-order valence-electron chi connectivity index (χ4n) is 21.4. The Hall–Kier alpha value is -2.20. The van der Waals surface area contributed by atoms with E-state index in [-0.39, 0.29) is 0 Å². The van der Waals surface area contributed by atoms with Crippen LogP contribution in [0.25, 0.3) is 0 Å². The van der Waals surface area contributed by atoms with Gasteiger partial charge in [0.1, 0.15) is 81.9 Å². The minimum atomic E-state index is -5.86. The molecule has 0 amide bonds. The van der Waals surface area contributed by atoms with E-state index in [9.17, 15) is 148 Å². The summed E-state index contributed by atoms with van der Waals surface area (Å²) in [4.78, 5) is 0. The van der Waals surface area contributed by atoms with Gasteiger partial charge in [-0.15, -0.1) is 0 Å². The fraction of sp³-hybridized carbons (Fsp3) is 0.795. The van der Waals surface area contributed by atoms with E-state index in [1.165, 1.54) is 0 Å². The summed E-state index contributed by atoms with van der Waals surface area (Å²) < 4.78 is 0. The van der Waals surface area contributed by atoms with Gasteiger partial charge in [-0.3, -0.25) is 0 Å². The average Bonchev–Trinajstić information content (AvgIpc) is 3.80. The van der Waals surface area contributed by atoms with Crippen LogP contribution in [0.3, 0.4) is 0 Å². The summed E-state index contributed by atoms with van der Waals surface area (Å²) in [7, 11) is 0. The lowest BCUT2D eigenvalue weighted by Gasteiger charge is -2.80. The highest BCUT2D eigenvalue weighted by molar-refractivity contribution is 5.92. The van der Waals surface area contributed by atoms with Crippen LogP contribution in [-0.4, -0.2) is 314 Å². The maximum atomic E-state index is 14.2. The third kappa shape index (κ3) is 2.03. The minimum Gasteiger partial charge on any atom is -0.387 e. The van der Waals surface area contributed by atoms with E-state index in [2.05, 4.69) is 0 Å². The van der Waals surface area contributed by atoms with Crippen LogP contribution in [0, 0.1) is 0 Å². The molecule has 29 heteroatoms. The predicted octanol–water partition coefficient (Wildman–Crippen LogP) is -19.2. The van der Waals surface area contributed by atoms with Crippen LogP contribution in [0.5, 0.6) is 0 Å². The van der Waals surface area contributed by atoms with E-state index >= 15 is 0 Å². The third-order valence-electron chi connectivity index (χ3n) is 22.8. The lowest BCUT2D eigenvalue weighted by atomic mass is 9.30. The Labute approximate surface area is 371 Å². The Balaban J connectivity index is 1.32. The average molecular weight is 973 g/mol. The number of aliphatic hydroxyl groups is 29. The lowest BCUT2D eigenvalue weighted by Crippen LogP contribution is -3.08. The minimum absolute atomic E-state index is 1.84. The molecule has 29 atom stereocenters. The normalized spacial score (nSPS) is 79.5. The van der Waals surface area contributed by atoms with E-state index < -0.39 is 223 Å². The molecule has 29 unspecified atom stereocenters. The molecule has 0 aromatic heterocycles. The summed E-state index contributed by atoms with van der Waals surface area (Å²) in [6.07, 6.45) is -31.4. The Bertz CT molecular complexity index is 3070. The van der Waals surface area contributed by atoms with Gasteiger partial charge in [0.15, 0.2) is 84.0 Å². The summed E-state index contributed by atoms with van der Waals surface area (Å²) in [5.74, 6) is 0. The summed E-state index contributed by atoms with van der Waals surface area (Å²) >= 11 is 0. The van der Waals surface area contributed by atoms with Gasteiger partial charge in [-0.2, -0.15) is 0 Å². The first kappa shape index (κ1) is 42.3. The largest absolute Gasteiger partial charge is 0.387 e. The van der Waals surface area contributed by atoms with Crippen molar-refractivity contribution >= 4 is 0 Å². The molecule has 0 saturated heterocycles. The smallest absolute Gasteiger partial charge is 0.172 e. The predicted molar refractivity (Wildman–Crippen MR) is 188 cm³/mol. The highest BCUT2D eigenvalue weighted by Gasteiger charge is 3.24. The molecule has 0 spiro atoms. The first-order valence-corrected chi connectivity index (χ1v) is 21.2. The van der Waals surface area contributed by atoms with Gasteiger partial charge in [-0.25, -0.2) is 0 Å². The van der Waals surface area contributed by atoms with Crippen LogP contribution in [0.15, 0.2) is 44.6 Å². The number of hydrogen-bond donors (Lipinski definition) is 29. The molecule has 0 bridgehead atoms. The van der Waals surface area contributed by atoms with Crippen molar-refractivity contribution in [2.45, 2.75) is 179 Å². The van der Waals surface area contributed by atoms with Gasteiger partial charge in [-0.05, 0) is 5.57 Å². The van der Waals surface area contributed by atoms with E-state index in [1.54, 1.807) is 0 Å². The molecule has 0 aliphatic heterocycles. The van der Waals surface area contributed by atoms with E-state index in [0.717, 1.165) is 0 Å². The Morgan fingerprint density at radius 2 is 0.603 bits per heavy atom. The zero-order valence-corrected chi connectivity index (χ0v) is 33.4. The van der Waals surface area contributed by atoms with Crippen molar-refractivity contribution in [1.82, 2.24) is 0 Å². The molecule has 0 radical (unpaired) electrons. The van der Waals surface area contributed by atoms with Crippen LogP contribution in [0.2, 0.25) is 0 Å². The highest BCUT2D eigenvalue weighted by atomic mass is 16.6. The van der Waals surface area contributed by atoms with Crippen molar-refractivity contribution in [1.29, 1.82) is 0 Å². The fourth-order valence-corrected chi connectivity index (χ4v) is 21.4. The molecule has 370 valence electrons. The first-order chi connectivity index (χ1) is 30.5. The van der Waals surface area contributed by atoms with Crippen molar-refractivity contribution in [2.75, 3.05) is 0 Å². The van der Waals surface area contributed by atoms with Crippen molar-refractivity contribution < 1.29 is 148 Å². The van der Waals surface area contributed by atoms with Crippen LogP contribution >= 0.6 is 0 Å². The molecule has 68 heavy (non-hydrogen) atoms. The van der Waals surface area contributed by atoms with E-state index in [0.29, 0.717) is 0 Å². The van der Waals surface area contributed by atoms with Crippen LogP contribution in [-0.2, 0) is 0 Å². The highest BCUT2D eigenvalue weighted by Crippen LogP contribution is 2.98. The molecular weight excluding hydrogens is 932 g/mol. The second-order valence-electron chi connectivity index (χ2n) is 23.2. The lowest BCUT2D eigenvalue weighted by molar-refractivity contribution is -0.507. The first-order valence-electron chi connectivity index (χ1n) is 21.2. The summed E-state index contributed by atoms with van der Waals surface area (Å²) in [6.45, 7) is 0. The van der Waals surface area contributed by atoms with Gasteiger partial charge in [0, 0.05) is 51.9 Å². The maximum absolute atomic E-state index is 14.2. The Morgan fingerprint density at radius 3 is 1.09 bits per heavy atom. The maximum Gasteiger partial charge on any atom is 0.172 e. The zero-order valence-electron chi connectivity index (χ0n) is 33.4. The summed E-state index contributed by atoms with van der Waals surface area (Å²) in [6, 6.07) is 0. The van der Waals surface area contributed by atoms with Gasteiger partial charge in [-0.1, -0.05) is 0 Å². The number of hydrogen-bond acceptors (Lipinski definition) is 29. The second kappa shape index (κ2) is 8.44. The molecule has 29 nitrogen and oxygen atoms in total. The second-order valence-corrected chi connectivity index (χ2v) is 23.2. The molecule has 16 aliphatic carbocycles. The van der Waals surface area contributed by atoms with Gasteiger partial charge < -0.3 is 148 Å². The van der Waals surface area contributed by atoms with Crippen LogP contribution in [0.1, 0.15) is 12.8 Å². The SMILES string of the molecule is OC1C2(O)CC3(O)C4=C5C6(O)C7=C(C(O)C6(O)C3O)C(O)C3(O)C(O)C6(O)C(O)C8(O)C(O)C9(O)CC1(O)C1=C2C4(O)C2(O)C5(O)C4(O)C7(O)C3(O)C3(O)C6(O)C8(O)C5=C9C1(O)C2(O)C5(O)C43O. The molecule has 8 saturated carbocycles. The van der Waals surface area contributed by atoms with Crippen molar-refractivity contribution in [3.63, 3.8) is 0 Å². The molecule has 0 heterocycles. The molecule has 29 N–H and O–H groups in total. The Morgan fingerprint density at radius 1 is 0.250 bits per heavy atom. The van der Waals surface area contributed by atoms with Crippen LogP contribution < -0.4 is 0 Å².